The first-order valence-electron chi connectivity index (χ1n) is 10.6. The summed E-state index contributed by atoms with van der Waals surface area (Å²) in [5.74, 6) is 0.764. The van der Waals surface area contributed by atoms with Gasteiger partial charge in [0.25, 0.3) is 5.91 Å². The molecule has 0 aromatic heterocycles. The number of carbonyl (C=O) groups is 1. The van der Waals surface area contributed by atoms with Crippen molar-refractivity contribution in [2.45, 2.75) is 58.0 Å². The summed E-state index contributed by atoms with van der Waals surface area (Å²) in [4.78, 5) is 13.0. The smallest absolute Gasteiger partial charge is 0.259 e. The van der Waals surface area contributed by atoms with Crippen LogP contribution in [0.1, 0.15) is 61.5 Å². The van der Waals surface area contributed by atoms with Crippen LogP contribution in [0.4, 0.5) is 5.69 Å². The van der Waals surface area contributed by atoms with Gasteiger partial charge in [0.05, 0.1) is 18.8 Å². The third-order valence-electron chi connectivity index (χ3n) is 7.53. The van der Waals surface area contributed by atoms with Crippen LogP contribution >= 0.6 is 11.6 Å². The van der Waals surface area contributed by atoms with E-state index in [-0.39, 0.29) is 22.8 Å². The number of nitrogens with one attached hydrogen (secondary N) is 1. The van der Waals surface area contributed by atoms with E-state index in [1.807, 2.05) is 18.2 Å². The van der Waals surface area contributed by atoms with Crippen LogP contribution in [0.25, 0.3) is 0 Å². The minimum Gasteiger partial charge on any atom is -0.496 e. The number of carbonyl (C=O) groups excluding carboxylic acids is 1. The number of anilines is 1. The first kappa shape index (κ1) is 21.2. The fourth-order valence-corrected chi connectivity index (χ4v) is 6.01. The van der Waals surface area contributed by atoms with Crippen LogP contribution in [0, 0.1) is 11.3 Å². The standard InChI is InChI=1S/C25H30ClNO3/c1-24(2)21-9-8-15-12-18(23(29)27-17-7-5-6-16(26)13-17)20(30-4)14-19(15)25(21,3)11-10-22(24)28/h5-7,12-14,21-22,28H,8-11H2,1-4H3,(H,27,29)/t21-,22-,25+/m0/s1. The van der Waals surface area contributed by atoms with Gasteiger partial charge in [-0.3, -0.25) is 4.79 Å². The Bertz CT molecular complexity index is 986. The van der Waals surface area contributed by atoms with Crippen molar-refractivity contribution in [3.8, 4) is 5.75 Å². The second-order valence-corrected chi connectivity index (χ2v) is 10.00. The number of amides is 1. The molecule has 5 heteroatoms. The highest BCUT2D eigenvalue weighted by Gasteiger charge is 2.53. The fraction of sp³-hybridized carbons (Fsp3) is 0.480. The van der Waals surface area contributed by atoms with Gasteiger partial charge in [-0.1, -0.05) is 38.4 Å². The van der Waals surface area contributed by atoms with Crippen LogP contribution in [0.3, 0.4) is 0 Å². The molecular weight excluding hydrogens is 398 g/mol. The van der Waals surface area contributed by atoms with Crippen LogP contribution in [0.15, 0.2) is 36.4 Å². The topological polar surface area (TPSA) is 58.6 Å². The largest absolute Gasteiger partial charge is 0.496 e. The molecule has 0 bridgehead atoms. The average Bonchev–Trinajstić information content (AvgIpc) is 2.70. The third-order valence-corrected chi connectivity index (χ3v) is 7.77. The van der Waals surface area contributed by atoms with E-state index < -0.39 is 0 Å². The van der Waals surface area contributed by atoms with E-state index in [1.54, 1.807) is 19.2 Å². The number of ether oxygens (including phenoxy) is 1. The van der Waals surface area contributed by atoms with Gasteiger partial charge in [0.15, 0.2) is 0 Å². The molecule has 2 aliphatic carbocycles. The van der Waals surface area contributed by atoms with Crippen molar-refractivity contribution >= 4 is 23.2 Å². The van der Waals surface area contributed by atoms with Gasteiger partial charge in [0.1, 0.15) is 5.75 Å². The summed E-state index contributed by atoms with van der Waals surface area (Å²) in [6, 6.07) is 11.2. The number of aliphatic hydroxyl groups excluding tert-OH is 1. The monoisotopic (exact) mass is 427 g/mol. The molecule has 2 aromatic rings. The zero-order valence-corrected chi connectivity index (χ0v) is 18.8. The fourth-order valence-electron chi connectivity index (χ4n) is 5.82. The first-order chi connectivity index (χ1) is 14.2. The number of aliphatic hydroxyl groups is 1. The van der Waals surface area contributed by atoms with E-state index in [2.05, 4.69) is 32.2 Å². The minimum atomic E-state index is -0.276. The van der Waals surface area contributed by atoms with Crippen molar-refractivity contribution in [3.63, 3.8) is 0 Å². The summed E-state index contributed by atoms with van der Waals surface area (Å²) in [7, 11) is 1.61. The number of hydrogen-bond donors (Lipinski definition) is 2. The molecule has 1 saturated carbocycles. The quantitative estimate of drug-likeness (QED) is 0.670. The lowest BCUT2D eigenvalue weighted by Gasteiger charge is -2.56. The first-order valence-corrected chi connectivity index (χ1v) is 11.0. The maximum atomic E-state index is 13.0. The highest BCUT2D eigenvalue weighted by molar-refractivity contribution is 6.31. The predicted molar refractivity (Wildman–Crippen MR) is 121 cm³/mol. The van der Waals surface area contributed by atoms with Gasteiger partial charge in [-0.25, -0.2) is 0 Å². The highest BCUT2D eigenvalue weighted by atomic mass is 35.5. The van der Waals surface area contributed by atoms with Crippen molar-refractivity contribution in [3.05, 3.63) is 58.1 Å². The van der Waals surface area contributed by atoms with E-state index in [0.717, 1.165) is 25.7 Å². The Kier molecular flexibility index (Phi) is 5.36. The molecular formula is C25H30ClNO3. The lowest BCUT2D eigenvalue weighted by Crippen LogP contribution is -2.53. The summed E-state index contributed by atoms with van der Waals surface area (Å²) in [5.41, 5.74) is 3.48. The summed E-state index contributed by atoms with van der Waals surface area (Å²) >= 11 is 6.05. The Labute approximate surface area is 183 Å². The number of aryl methyl sites for hydroxylation is 1. The molecule has 0 saturated heterocycles. The second-order valence-electron chi connectivity index (χ2n) is 9.56. The number of hydrogen-bond acceptors (Lipinski definition) is 3. The van der Waals surface area contributed by atoms with Crippen LogP contribution < -0.4 is 10.1 Å². The Morgan fingerprint density at radius 1 is 1.20 bits per heavy atom. The SMILES string of the molecule is COc1cc2c(cc1C(=O)Nc1cccc(Cl)c1)CC[C@H]1C(C)(C)[C@@H](O)CC[C@]21C. The van der Waals surface area contributed by atoms with Crippen molar-refractivity contribution in [1.29, 1.82) is 0 Å². The van der Waals surface area contributed by atoms with Gasteiger partial charge in [-0.15, -0.1) is 0 Å². The average molecular weight is 428 g/mol. The molecule has 2 aliphatic rings. The van der Waals surface area contributed by atoms with Crippen LogP contribution in [0.2, 0.25) is 5.02 Å². The summed E-state index contributed by atoms with van der Waals surface area (Å²) in [6.45, 7) is 6.69. The second kappa shape index (κ2) is 7.58. The zero-order valence-electron chi connectivity index (χ0n) is 18.1. The maximum Gasteiger partial charge on any atom is 0.259 e. The molecule has 0 spiro atoms. The molecule has 160 valence electrons. The van der Waals surface area contributed by atoms with Crippen molar-refractivity contribution in [2.24, 2.45) is 11.3 Å². The van der Waals surface area contributed by atoms with E-state index >= 15 is 0 Å². The Morgan fingerprint density at radius 2 is 1.97 bits per heavy atom. The van der Waals surface area contributed by atoms with Crippen LogP contribution in [-0.2, 0) is 11.8 Å². The molecule has 1 amide bonds. The molecule has 0 heterocycles. The molecule has 4 rings (SSSR count). The molecule has 0 radical (unpaired) electrons. The minimum absolute atomic E-state index is 0.0362. The van der Waals surface area contributed by atoms with Crippen molar-refractivity contribution in [1.82, 2.24) is 0 Å². The molecule has 4 nitrogen and oxygen atoms in total. The molecule has 3 atom stereocenters. The van der Waals surface area contributed by atoms with Gasteiger partial charge < -0.3 is 15.2 Å². The van der Waals surface area contributed by atoms with E-state index in [0.29, 0.717) is 27.9 Å². The maximum absolute atomic E-state index is 13.0. The van der Waals surface area contributed by atoms with E-state index in [1.165, 1.54) is 11.1 Å². The molecule has 0 unspecified atom stereocenters. The Morgan fingerprint density at radius 3 is 2.67 bits per heavy atom. The molecule has 0 aliphatic heterocycles. The number of rotatable bonds is 3. The number of fused-ring (bicyclic) bond motifs is 3. The predicted octanol–water partition coefficient (Wildman–Crippen LogP) is 5.60. The number of benzene rings is 2. The van der Waals surface area contributed by atoms with Crippen LogP contribution in [-0.4, -0.2) is 24.2 Å². The zero-order chi connectivity index (χ0) is 21.7. The summed E-state index contributed by atoms with van der Waals surface area (Å²) < 4.78 is 5.66. The van der Waals surface area contributed by atoms with Gasteiger partial charge in [0, 0.05) is 10.7 Å². The van der Waals surface area contributed by atoms with Crippen molar-refractivity contribution < 1.29 is 14.6 Å². The molecule has 1 fully saturated rings. The van der Waals surface area contributed by atoms with E-state index in [4.69, 9.17) is 16.3 Å². The number of methoxy groups -OCH3 is 1. The Balaban J connectivity index is 1.72. The lowest BCUT2D eigenvalue weighted by molar-refractivity contribution is -0.0731. The molecule has 2 aromatic carbocycles. The van der Waals surface area contributed by atoms with E-state index in [9.17, 15) is 9.90 Å². The van der Waals surface area contributed by atoms with Gasteiger partial charge >= 0.3 is 0 Å². The third kappa shape index (κ3) is 3.40. The summed E-state index contributed by atoms with van der Waals surface area (Å²) in [5, 5.41) is 14.1. The number of halogens is 1. The Hall–Kier alpha value is -2.04. The highest BCUT2D eigenvalue weighted by Crippen LogP contribution is 2.57. The van der Waals surface area contributed by atoms with Gasteiger partial charge in [-0.05, 0) is 83.9 Å². The molecule has 30 heavy (non-hydrogen) atoms. The van der Waals surface area contributed by atoms with Gasteiger partial charge in [0.2, 0.25) is 0 Å². The van der Waals surface area contributed by atoms with Crippen LogP contribution in [0.5, 0.6) is 5.75 Å². The normalized spacial score (nSPS) is 27.0. The van der Waals surface area contributed by atoms with Crippen molar-refractivity contribution in [2.75, 3.05) is 12.4 Å². The lowest BCUT2D eigenvalue weighted by atomic mass is 9.49. The molecule has 2 N–H and O–H groups in total. The summed E-state index contributed by atoms with van der Waals surface area (Å²) in [6.07, 6.45) is 3.36. The van der Waals surface area contributed by atoms with Gasteiger partial charge in [-0.2, -0.15) is 0 Å².